The summed E-state index contributed by atoms with van der Waals surface area (Å²) in [5.41, 5.74) is 0.0471. The Morgan fingerprint density at radius 3 is 2.52 bits per heavy atom. The van der Waals surface area contributed by atoms with Crippen molar-refractivity contribution in [2.24, 2.45) is 0 Å². The van der Waals surface area contributed by atoms with Gasteiger partial charge in [0, 0.05) is 11.6 Å². The Balaban J connectivity index is 2.04. The number of nitrogens with zero attached hydrogens (tertiary/aromatic N) is 1. The number of nitrogens with one attached hydrogen (secondary N) is 1. The predicted octanol–water partition coefficient (Wildman–Crippen LogP) is 2.03. The van der Waals surface area contributed by atoms with Crippen molar-refractivity contribution in [1.82, 2.24) is 4.72 Å². The van der Waals surface area contributed by atoms with Gasteiger partial charge in [0.05, 0.1) is 0 Å². The largest absolute Gasteiger partial charge is 0.484 e. The van der Waals surface area contributed by atoms with E-state index in [9.17, 15) is 22.0 Å². The molecule has 25 heavy (non-hydrogen) atoms. The number of rotatable bonds is 4. The number of halogens is 2. The molecule has 0 atom stereocenters. The molecule has 3 rings (SSSR count). The third kappa shape index (κ3) is 3.27. The van der Waals surface area contributed by atoms with Crippen LogP contribution in [-0.2, 0) is 21.6 Å². The zero-order valence-corrected chi connectivity index (χ0v) is 13.9. The lowest BCUT2D eigenvalue weighted by Crippen LogP contribution is -2.30. The van der Waals surface area contributed by atoms with E-state index in [4.69, 9.17) is 4.74 Å². The Labute approximate surface area is 143 Å². The summed E-state index contributed by atoms with van der Waals surface area (Å²) in [4.78, 5) is 11.4. The van der Waals surface area contributed by atoms with Crippen LogP contribution in [0.25, 0.3) is 0 Å². The highest BCUT2D eigenvalue weighted by Gasteiger charge is 2.37. The van der Waals surface area contributed by atoms with Gasteiger partial charge in [-0.1, -0.05) is 30.3 Å². The summed E-state index contributed by atoms with van der Waals surface area (Å²) < 4.78 is 60.3. The molecule has 6 nitrogen and oxygen atoms in total. The molecule has 1 aliphatic heterocycles. The maximum Gasteiger partial charge on any atom is 0.326 e. The average molecular weight is 368 g/mol. The predicted molar refractivity (Wildman–Crippen MR) is 86.3 cm³/mol. The first-order valence-electron chi connectivity index (χ1n) is 7.28. The zero-order valence-electron chi connectivity index (χ0n) is 13.1. The molecule has 0 aromatic heterocycles. The lowest BCUT2D eigenvalue weighted by Gasteiger charge is -2.20. The Morgan fingerprint density at radius 1 is 1.24 bits per heavy atom. The number of benzene rings is 2. The van der Waals surface area contributed by atoms with Crippen LogP contribution >= 0.6 is 0 Å². The fourth-order valence-corrected chi connectivity index (χ4v) is 3.54. The molecule has 1 fully saturated rings. The number of ether oxygens (including phenoxy) is 1. The molecular weight excluding hydrogens is 354 g/mol. The van der Waals surface area contributed by atoms with Crippen molar-refractivity contribution in [3.8, 4) is 5.75 Å². The van der Waals surface area contributed by atoms with Gasteiger partial charge in [0.1, 0.15) is 24.7 Å². The van der Waals surface area contributed by atoms with Crippen molar-refractivity contribution < 1.29 is 26.7 Å². The summed E-state index contributed by atoms with van der Waals surface area (Å²) in [6.07, 6.45) is 0. The minimum absolute atomic E-state index is 0.0505. The maximum atomic E-state index is 14.5. The minimum atomic E-state index is -4.22. The lowest BCUT2D eigenvalue weighted by molar-refractivity contribution is -0.117. The van der Waals surface area contributed by atoms with Crippen molar-refractivity contribution in [3.05, 3.63) is 59.2 Å². The topological polar surface area (TPSA) is 75.7 Å². The normalized spacial score (nSPS) is 16.0. The van der Waals surface area contributed by atoms with Crippen LogP contribution in [0.2, 0.25) is 0 Å². The molecule has 2 aromatic rings. The van der Waals surface area contributed by atoms with E-state index < -0.39 is 40.0 Å². The van der Waals surface area contributed by atoms with E-state index in [1.807, 2.05) is 0 Å². The molecule has 0 aliphatic carbocycles. The molecule has 1 heterocycles. The van der Waals surface area contributed by atoms with Crippen molar-refractivity contribution in [3.63, 3.8) is 0 Å². The highest BCUT2D eigenvalue weighted by atomic mass is 32.2. The molecule has 0 unspecified atom stereocenters. The first kappa shape index (κ1) is 17.2. The summed E-state index contributed by atoms with van der Waals surface area (Å²) in [6, 6.07) is 9.65. The molecule has 1 amide bonds. The molecule has 0 saturated carbocycles. The summed E-state index contributed by atoms with van der Waals surface area (Å²) in [6.45, 7) is 0.586. The first-order valence-corrected chi connectivity index (χ1v) is 8.72. The van der Waals surface area contributed by atoms with Crippen LogP contribution in [0.4, 0.5) is 14.5 Å². The van der Waals surface area contributed by atoms with Crippen LogP contribution in [-0.4, -0.2) is 20.9 Å². The van der Waals surface area contributed by atoms with E-state index in [0.29, 0.717) is 9.87 Å². The zero-order chi connectivity index (χ0) is 18.2. The lowest BCUT2D eigenvalue weighted by atomic mass is 10.1. The number of hydrogen-bond acceptors (Lipinski definition) is 4. The second-order valence-corrected chi connectivity index (χ2v) is 7.05. The molecule has 1 N–H and O–H groups in total. The van der Waals surface area contributed by atoms with Crippen LogP contribution in [0.3, 0.4) is 0 Å². The number of amides is 1. The molecule has 9 heteroatoms. The summed E-state index contributed by atoms with van der Waals surface area (Å²) in [7, 11) is -4.22. The monoisotopic (exact) mass is 368 g/mol. The van der Waals surface area contributed by atoms with Crippen molar-refractivity contribution in [2.75, 3.05) is 10.8 Å². The smallest absolute Gasteiger partial charge is 0.326 e. The van der Waals surface area contributed by atoms with Crippen molar-refractivity contribution in [2.45, 2.75) is 13.5 Å². The molecule has 2 aromatic carbocycles. The van der Waals surface area contributed by atoms with Gasteiger partial charge < -0.3 is 4.74 Å². The van der Waals surface area contributed by atoms with Crippen molar-refractivity contribution in [1.29, 1.82) is 0 Å². The van der Waals surface area contributed by atoms with Gasteiger partial charge in [0.15, 0.2) is 11.6 Å². The fourth-order valence-electron chi connectivity index (χ4n) is 2.39. The second kappa shape index (κ2) is 6.32. The van der Waals surface area contributed by atoms with Crippen LogP contribution in [0.5, 0.6) is 5.75 Å². The van der Waals surface area contributed by atoms with Gasteiger partial charge in [-0.3, -0.25) is 4.79 Å². The second-order valence-electron chi connectivity index (χ2n) is 5.46. The van der Waals surface area contributed by atoms with Gasteiger partial charge in [0.2, 0.25) is 0 Å². The molecule has 132 valence electrons. The number of anilines is 1. The first-order chi connectivity index (χ1) is 11.8. The molecule has 0 bridgehead atoms. The van der Waals surface area contributed by atoms with E-state index in [1.165, 1.54) is 6.92 Å². The molecule has 1 aliphatic rings. The molecule has 0 spiro atoms. The van der Waals surface area contributed by atoms with E-state index >= 15 is 0 Å². The summed E-state index contributed by atoms with van der Waals surface area (Å²) >= 11 is 0. The van der Waals surface area contributed by atoms with E-state index in [-0.39, 0.29) is 17.9 Å². The number of carbonyl (C=O) groups is 1. The van der Waals surface area contributed by atoms with Crippen LogP contribution < -0.4 is 13.8 Å². The van der Waals surface area contributed by atoms with Gasteiger partial charge in [0.25, 0.3) is 5.91 Å². The Kier molecular flexibility index (Phi) is 4.34. The highest BCUT2D eigenvalue weighted by molar-refractivity contribution is 7.92. The maximum absolute atomic E-state index is 14.5. The number of hydrogen-bond donors (Lipinski definition) is 1. The molecule has 1 saturated heterocycles. The number of carbonyl (C=O) groups excluding carboxylic acids is 1. The van der Waals surface area contributed by atoms with Gasteiger partial charge in [-0.05, 0) is 12.5 Å². The van der Waals surface area contributed by atoms with E-state index in [0.717, 1.165) is 6.07 Å². The Bertz CT molecular complexity index is 933. The average Bonchev–Trinajstić information content (AvgIpc) is 2.84. The fraction of sp³-hybridized carbons (Fsp3) is 0.188. The van der Waals surface area contributed by atoms with Crippen LogP contribution in [0, 0.1) is 18.6 Å². The van der Waals surface area contributed by atoms with Gasteiger partial charge in [-0.15, -0.1) is 0 Å². The highest BCUT2D eigenvalue weighted by Crippen LogP contribution is 2.37. The quantitative estimate of drug-likeness (QED) is 0.896. The van der Waals surface area contributed by atoms with Gasteiger partial charge >= 0.3 is 10.2 Å². The van der Waals surface area contributed by atoms with Crippen molar-refractivity contribution >= 4 is 21.8 Å². The van der Waals surface area contributed by atoms with E-state index in [2.05, 4.69) is 0 Å². The Hall–Kier alpha value is -2.68. The van der Waals surface area contributed by atoms with Crippen LogP contribution in [0.1, 0.15) is 11.1 Å². The molecular formula is C16H14F2N2O4S. The third-order valence-corrected chi connectivity index (χ3v) is 5.09. The van der Waals surface area contributed by atoms with Gasteiger partial charge in [-0.2, -0.15) is 8.42 Å². The van der Waals surface area contributed by atoms with E-state index in [1.54, 1.807) is 35.1 Å². The van der Waals surface area contributed by atoms with Crippen LogP contribution in [0.15, 0.2) is 36.4 Å². The molecule has 0 radical (unpaired) electrons. The standard InChI is InChI=1S/C16H14F2N2O4S/c1-10-12(17)7-13(20-8-14(21)19-25(20,22)23)16(15(10)18)24-9-11-5-3-2-4-6-11/h2-7H,8-9H2,1H3,(H,19,21). The summed E-state index contributed by atoms with van der Waals surface area (Å²) in [5, 5.41) is 0. The minimum Gasteiger partial charge on any atom is -0.484 e. The SMILES string of the molecule is Cc1c(F)cc(N2CC(=O)NS2(=O)=O)c(OCc2ccccc2)c1F. The third-order valence-electron chi connectivity index (χ3n) is 3.70. The van der Waals surface area contributed by atoms with Gasteiger partial charge in [-0.25, -0.2) is 17.8 Å². The summed E-state index contributed by atoms with van der Waals surface area (Å²) in [5.74, 6) is -3.17. The Morgan fingerprint density at radius 2 is 1.92 bits per heavy atom.